The predicted molar refractivity (Wildman–Crippen MR) is 125 cm³/mol. The average Bonchev–Trinajstić information content (AvgIpc) is 3.11. The van der Waals surface area contributed by atoms with Crippen LogP contribution in [0.25, 0.3) is 11.3 Å². The summed E-state index contributed by atoms with van der Waals surface area (Å²) in [5.41, 5.74) is 3.90. The predicted octanol–water partition coefficient (Wildman–Crippen LogP) is 5.38. The lowest BCUT2D eigenvalue weighted by atomic mass is 10.1. The standard InChI is InChI=1S/C23H33N3O3S/c1-15(2)9-10-17(5)25-26-19(14-30-23(26)24-13-16(3)4)18-11-20(27-6)22(29-8)21(12-18)28-7/h11-12,14-15H,3,9-10,13H2,1-2,4-8H3. The van der Waals surface area contributed by atoms with Crippen molar-refractivity contribution in [2.75, 3.05) is 27.9 Å². The Hall–Kier alpha value is -2.54. The van der Waals surface area contributed by atoms with Gasteiger partial charge in [-0.15, -0.1) is 11.3 Å². The molecule has 0 aliphatic carbocycles. The average molecular weight is 432 g/mol. The van der Waals surface area contributed by atoms with Gasteiger partial charge >= 0.3 is 0 Å². The van der Waals surface area contributed by atoms with Crippen molar-refractivity contribution >= 4 is 17.0 Å². The first-order valence-electron chi connectivity index (χ1n) is 10.0. The normalized spacial score (nSPS) is 12.4. The third kappa shape index (κ3) is 5.98. The second-order valence-corrected chi connectivity index (χ2v) is 8.51. The SMILES string of the molecule is C=C(C)CN=c1scc(-c2cc(OC)c(OC)c(OC)c2)n1N=C(C)CCC(C)C. The maximum absolute atomic E-state index is 5.53. The van der Waals surface area contributed by atoms with Crippen molar-refractivity contribution in [3.05, 3.63) is 34.5 Å². The number of nitrogens with zero attached hydrogens (tertiary/aromatic N) is 3. The quantitative estimate of drug-likeness (QED) is 0.375. The van der Waals surface area contributed by atoms with Gasteiger partial charge in [-0.2, -0.15) is 5.10 Å². The van der Waals surface area contributed by atoms with Crippen molar-refractivity contribution in [2.45, 2.75) is 40.5 Å². The Morgan fingerprint density at radius 3 is 2.23 bits per heavy atom. The number of hydrogen-bond acceptors (Lipinski definition) is 6. The van der Waals surface area contributed by atoms with Gasteiger partial charge in [0.25, 0.3) is 0 Å². The lowest BCUT2D eigenvalue weighted by Gasteiger charge is -2.14. The van der Waals surface area contributed by atoms with Crippen molar-refractivity contribution < 1.29 is 14.2 Å². The number of methoxy groups -OCH3 is 3. The molecule has 0 unspecified atom stereocenters. The minimum Gasteiger partial charge on any atom is -0.493 e. The lowest BCUT2D eigenvalue weighted by Crippen LogP contribution is -2.15. The van der Waals surface area contributed by atoms with Gasteiger partial charge in [0.2, 0.25) is 10.6 Å². The Morgan fingerprint density at radius 1 is 1.10 bits per heavy atom. The molecule has 7 heteroatoms. The molecule has 0 saturated heterocycles. The Balaban J connectivity index is 2.64. The van der Waals surface area contributed by atoms with Crippen LogP contribution in [-0.2, 0) is 0 Å². The smallest absolute Gasteiger partial charge is 0.206 e. The van der Waals surface area contributed by atoms with Gasteiger partial charge < -0.3 is 14.2 Å². The number of benzene rings is 1. The highest BCUT2D eigenvalue weighted by Crippen LogP contribution is 2.41. The summed E-state index contributed by atoms with van der Waals surface area (Å²) in [6, 6.07) is 3.86. The maximum atomic E-state index is 5.53. The van der Waals surface area contributed by atoms with Crippen LogP contribution in [0.15, 0.2) is 39.8 Å². The van der Waals surface area contributed by atoms with Gasteiger partial charge in [-0.05, 0) is 44.7 Å². The summed E-state index contributed by atoms with van der Waals surface area (Å²) in [4.78, 5) is 5.53. The summed E-state index contributed by atoms with van der Waals surface area (Å²) in [5.74, 6) is 2.40. The number of rotatable bonds is 10. The fraction of sp³-hybridized carbons (Fsp3) is 0.478. The summed E-state index contributed by atoms with van der Waals surface area (Å²) in [7, 11) is 4.83. The van der Waals surface area contributed by atoms with E-state index < -0.39 is 0 Å². The zero-order valence-electron chi connectivity index (χ0n) is 19.1. The molecule has 0 saturated carbocycles. The largest absolute Gasteiger partial charge is 0.493 e. The molecule has 2 aromatic rings. The van der Waals surface area contributed by atoms with Crippen LogP contribution in [0.4, 0.5) is 0 Å². The molecule has 30 heavy (non-hydrogen) atoms. The molecule has 0 fully saturated rings. The molecule has 0 aliphatic rings. The van der Waals surface area contributed by atoms with Crippen molar-refractivity contribution in [1.29, 1.82) is 0 Å². The second-order valence-electron chi connectivity index (χ2n) is 7.67. The fourth-order valence-electron chi connectivity index (χ4n) is 2.85. The molecule has 164 valence electrons. The van der Waals surface area contributed by atoms with Gasteiger partial charge in [0, 0.05) is 16.7 Å². The van der Waals surface area contributed by atoms with Crippen molar-refractivity contribution in [3.8, 4) is 28.5 Å². The first-order valence-corrected chi connectivity index (χ1v) is 10.9. The van der Waals surface area contributed by atoms with Crippen molar-refractivity contribution in [3.63, 3.8) is 0 Å². The molecule has 0 N–H and O–H groups in total. The van der Waals surface area contributed by atoms with Crippen LogP contribution in [0.2, 0.25) is 0 Å². The summed E-state index contributed by atoms with van der Waals surface area (Å²) in [5, 5.41) is 6.96. The van der Waals surface area contributed by atoms with Crippen LogP contribution in [0.3, 0.4) is 0 Å². The molecule has 0 aliphatic heterocycles. The number of ether oxygens (including phenoxy) is 3. The molecular weight excluding hydrogens is 398 g/mol. The first-order chi connectivity index (χ1) is 14.3. The highest BCUT2D eigenvalue weighted by Gasteiger charge is 2.17. The molecule has 0 spiro atoms. The van der Waals surface area contributed by atoms with E-state index in [1.54, 1.807) is 32.7 Å². The Morgan fingerprint density at radius 2 is 1.73 bits per heavy atom. The molecule has 1 aromatic heterocycles. The van der Waals surface area contributed by atoms with Crippen LogP contribution in [-0.4, -0.2) is 38.3 Å². The van der Waals surface area contributed by atoms with Gasteiger partial charge in [-0.1, -0.05) is 26.0 Å². The maximum Gasteiger partial charge on any atom is 0.206 e. The van der Waals surface area contributed by atoms with E-state index in [0.29, 0.717) is 29.7 Å². The van der Waals surface area contributed by atoms with Crippen molar-refractivity contribution in [2.24, 2.45) is 16.0 Å². The molecule has 0 atom stereocenters. The topological polar surface area (TPSA) is 57.3 Å². The van der Waals surface area contributed by atoms with E-state index in [4.69, 9.17) is 24.3 Å². The van der Waals surface area contributed by atoms with Gasteiger partial charge in [0.15, 0.2) is 11.5 Å². The molecule has 0 radical (unpaired) electrons. The minimum atomic E-state index is 0.564. The Kier molecular flexibility index (Phi) is 8.72. The van der Waals surface area contributed by atoms with Crippen LogP contribution >= 0.6 is 11.3 Å². The third-order valence-corrected chi connectivity index (χ3v) is 5.34. The van der Waals surface area contributed by atoms with Gasteiger partial charge in [-0.3, -0.25) is 4.99 Å². The summed E-state index contributed by atoms with van der Waals surface area (Å²) in [6.45, 7) is 13.0. The Labute approximate surface area is 183 Å². The summed E-state index contributed by atoms with van der Waals surface area (Å²) < 4.78 is 18.4. The molecule has 0 amide bonds. The van der Waals surface area contributed by atoms with Crippen LogP contribution in [0, 0.1) is 5.92 Å². The van der Waals surface area contributed by atoms with E-state index >= 15 is 0 Å². The molecular formula is C23H33N3O3S. The van der Waals surface area contributed by atoms with E-state index in [0.717, 1.165) is 40.2 Å². The molecule has 6 nitrogen and oxygen atoms in total. The van der Waals surface area contributed by atoms with Gasteiger partial charge in [0.05, 0.1) is 33.6 Å². The minimum absolute atomic E-state index is 0.564. The second kappa shape index (κ2) is 11.0. The number of aromatic nitrogens is 1. The van der Waals surface area contributed by atoms with Gasteiger partial charge in [0.1, 0.15) is 0 Å². The number of hydrogen-bond donors (Lipinski definition) is 0. The third-order valence-electron chi connectivity index (χ3n) is 4.48. The van der Waals surface area contributed by atoms with E-state index in [2.05, 4.69) is 32.7 Å². The monoisotopic (exact) mass is 431 g/mol. The molecule has 2 rings (SSSR count). The van der Waals surface area contributed by atoms with E-state index in [-0.39, 0.29) is 0 Å². The van der Waals surface area contributed by atoms with Crippen LogP contribution in [0.5, 0.6) is 17.2 Å². The molecule has 0 bridgehead atoms. The Bertz CT molecular complexity index is 945. The zero-order chi connectivity index (χ0) is 22.3. The van der Waals surface area contributed by atoms with Crippen LogP contribution < -0.4 is 19.0 Å². The molecule has 1 heterocycles. The lowest BCUT2D eigenvalue weighted by molar-refractivity contribution is 0.324. The number of thiazole rings is 1. The fourth-order valence-corrected chi connectivity index (χ4v) is 3.68. The summed E-state index contributed by atoms with van der Waals surface area (Å²) in [6.07, 6.45) is 2.03. The van der Waals surface area contributed by atoms with Crippen molar-refractivity contribution in [1.82, 2.24) is 4.68 Å². The first kappa shape index (κ1) is 23.7. The highest BCUT2D eigenvalue weighted by atomic mass is 32.1. The van der Waals surface area contributed by atoms with Gasteiger partial charge in [-0.25, -0.2) is 4.68 Å². The van der Waals surface area contributed by atoms with E-state index in [1.165, 1.54) is 0 Å². The van der Waals surface area contributed by atoms with Crippen LogP contribution in [0.1, 0.15) is 40.5 Å². The highest BCUT2D eigenvalue weighted by molar-refractivity contribution is 7.07. The zero-order valence-corrected chi connectivity index (χ0v) is 19.9. The summed E-state index contributed by atoms with van der Waals surface area (Å²) >= 11 is 1.55. The van der Waals surface area contributed by atoms with E-state index in [1.807, 2.05) is 23.7 Å². The van der Waals surface area contributed by atoms with E-state index in [9.17, 15) is 0 Å². The molecule has 1 aromatic carbocycles.